The van der Waals surface area contributed by atoms with Crippen molar-refractivity contribution < 1.29 is 0 Å². The molecule has 2 N–H and O–H groups in total. The van der Waals surface area contributed by atoms with Gasteiger partial charge in [0.15, 0.2) is 0 Å². The Kier molecular flexibility index (Phi) is 2.70. The van der Waals surface area contributed by atoms with E-state index in [-0.39, 0.29) is 0 Å². The van der Waals surface area contributed by atoms with E-state index in [4.69, 9.17) is 5.73 Å². The molecule has 1 nitrogen and oxygen atoms in total. The Hall–Kier alpha value is -0.300. The molecule has 1 fully saturated rings. The first-order valence-electron chi connectivity index (χ1n) is 6.18. The maximum Gasteiger partial charge on any atom is 0.0165 e. The second kappa shape index (κ2) is 3.69. The SMILES string of the molecule is CCCC1(CCC)[C@H](N)[C@@H]2C=C[C@H]1C2. The van der Waals surface area contributed by atoms with E-state index in [2.05, 4.69) is 26.0 Å². The lowest BCUT2D eigenvalue weighted by atomic mass is 9.67. The van der Waals surface area contributed by atoms with Gasteiger partial charge in [-0.25, -0.2) is 0 Å². The lowest BCUT2D eigenvalue weighted by Crippen LogP contribution is -2.44. The van der Waals surface area contributed by atoms with Crippen molar-refractivity contribution in [1.82, 2.24) is 0 Å². The van der Waals surface area contributed by atoms with E-state index in [9.17, 15) is 0 Å². The van der Waals surface area contributed by atoms with E-state index in [1.54, 1.807) is 0 Å². The molecule has 0 unspecified atom stereocenters. The molecule has 80 valence electrons. The van der Waals surface area contributed by atoms with Gasteiger partial charge in [0, 0.05) is 6.04 Å². The summed E-state index contributed by atoms with van der Waals surface area (Å²) in [6.45, 7) is 4.58. The largest absolute Gasteiger partial charge is 0.327 e. The number of rotatable bonds is 4. The predicted octanol–water partition coefficient (Wildman–Crippen LogP) is 3.11. The molecule has 0 spiro atoms. The van der Waals surface area contributed by atoms with Crippen LogP contribution in [0.5, 0.6) is 0 Å². The van der Waals surface area contributed by atoms with Gasteiger partial charge in [-0.1, -0.05) is 38.8 Å². The molecule has 1 saturated carbocycles. The smallest absolute Gasteiger partial charge is 0.0165 e. The molecule has 14 heavy (non-hydrogen) atoms. The zero-order valence-corrected chi connectivity index (χ0v) is 9.50. The van der Waals surface area contributed by atoms with E-state index in [0.29, 0.717) is 17.4 Å². The van der Waals surface area contributed by atoms with Gasteiger partial charge in [-0.2, -0.15) is 0 Å². The molecule has 2 aliphatic carbocycles. The topological polar surface area (TPSA) is 26.0 Å². The molecular weight excluding hydrogens is 170 g/mol. The summed E-state index contributed by atoms with van der Waals surface area (Å²) in [5, 5.41) is 0. The number of allylic oxidation sites excluding steroid dienone is 1. The van der Waals surface area contributed by atoms with Gasteiger partial charge in [-0.3, -0.25) is 0 Å². The van der Waals surface area contributed by atoms with E-state index >= 15 is 0 Å². The van der Waals surface area contributed by atoms with Crippen molar-refractivity contribution in [3.8, 4) is 0 Å². The van der Waals surface area contributed by atoms with Gasteiger partial charge in [0.2, 0.25) is 0 Å². The molecule has 0 aromatic heterocycles. The fraction of sp³-hybridized carbons (Fsp3) is 0.846. The molecular formula is C13H23N. The van der Waals surface area contributed by atoms with E-state index in [0.717, 1.165) is 5.92 Å². The van der Waals surface area contributed by atoms with Crippen molar-refractivity contribution in [2.24, 2.45) is 23.0 Å². The number of hydrogen-bond donors (Lipinski definition) is 1. The van der Waals surface area contributed by atoms with Crippen molar-refractivity contribution in [1.29, 1.82) is 0 Å². The molecule has 0 aromatic rings. The third-order valence-corrected chi connectivity index (χ3v) is 4.41. The Morgan fingerprint density at radius 1 is 1.21 bits per heavy atom. The van der Waals surface area contributed by atoms with Crippen LogP contribution in [-0.2, 0) is 0 Å². The van der Waals surface area contributed by atoms with Gasteiger partial charge >= 0.3 is 0 Å². The minimum absolute atomic E-state index is 0.442. The number of nitrogens with two attached hydrogens (primary N) is 1. The summed E-state index contributed by atoms with van der Waals surface area (Å²) >= 11 is 0. The van der Waals surface area contributed by atoms with Crippen LogP contribution in [0.3, 0.4) is 0 Å². The Labute approximate surface area is 87.8 Å². The maximum absolute atomic E-state index is 6.42. The second-order valence-corrected chi connectivity index (χ2v) is 5.15. The van der Waals surface area contributed by atoms with Gasteiger partial charge in [-0.05, 0) is 36.5 Å². The van der Waals surface area contributed by atoms with Gasteiger partial charge in [0.25, 0.3) is 0 Å². The van der Waals surface area contributed by atoms with E-state index in [1.165, 1.54) is 32.1 Å². The monoisotopic (exact) mass is 193 g/mol. The molecule has 2 rings (SSSR count). The average Bonchev–Trinajstić information content (AvgIpc) is 2.71. The van der Waals surface area contributed by atoms with Gasteiger partial charge in [0.05, 0.1) is 0 Å². The molecule has 1 heteroatoms. The summed E-state index contributed by atoms with van der Waals surface area (Å²) in [5.41, 5.74) is 6.88. The Morgan fingerprint density at radius 3 is 2.29 bits per heavy atom. The minimum Gasteiger partial charge on any atom is -0.327 e. The molecule has 0 amide bonds. The highest BCUT2D eigenvalue weighted by Crippen LogP contribution is 2.56. The van der Waals surface area contributed by atoms with Crippen molar-refractivity contribution in [2.75, 3.05) is 0 Å². The zero-order valence-electron chi connectivity index (χ0n) is 9.50. The highest BCUT2D eigenvalue weighted by molar-refractivity contribution is 5.21. The third-order valence-electron chi connectivity index (χ3n) is 4.41. The Morgan fingerprint density at radius 2 is 1.86 bits per heavy atom. The van der Waals surface area contributed by atoms with Gasteiger partial charge in [0.1, 0.15) is 0 Å². The lowest BCUT2D eigenvalue weighted by Gasteiger charge is -2.40. The molecule has 0 aromatic carbocycles. The van der Waals surface area contributed by atoms with Crippen LogP contribution in [0.1, 0.15) is 46.0 Å². The average molecular weight is 193 g/mol. The van der Waals surface area contributed by atoms with Crippen molar-refractivity contribution >= 4 is 0 Å². The fourth-order valence-electron chi connectivity index (χ4n) is 3.85. The third kappa shape index (κ3) is 1.25. The van der Waals surface area contributed by atoms with Crippen LogP contribution in [0.2, 0.25) is 0 Å². The van der Waals surface area contributed by atoms with Crippen LogP contribution in [0.25, 0.3) is 0 Å². The summed E-state index contributed by atoms with van der Waals surface area (Å²) in [6, 6.07) is 0.442. The lowest BCUT2D eigenvalue weighted by molar-refractivity contribution is 0.156. The molecule has 2 aliphatic rings. The van der Waals surface area contributed by atoms with Crippen molar-refractivity contribution in [2.45, 2.75) is 52.0 Å². The summed E-state index contributed by atoms with van der Waals surface area (Å²) in [4.78, 5) is 0. The molecule has 0 heterocycles. The molecule has 2 bridgehead atoms. The normalized spacial score (nSPS) is 38.1. The highest BCUT2D eigenvalue weighted by Gasteiger charge is 2.52. The van der Waals surface area contributed by atoms with Crippen LogP contribution in [0, 0.1) is 17.3 Å². The zero-order chi connectivity index (χ0) is 10.2. The van der Waals surface area contributed by atoms with Gasteiger partial charge < -0.3 is 5.73 Å². The first kappa shape index (κ1) is 10.2. The van der Waals surface area contributed by atoms with Crippen LogP contribution in [0.15, 0.2) is 12.2 Å². The maximum atomic E-state index is 6.42. The van der Waals surface area contributed by atoms with E-state index in [1.807, 2.05) is 0 Å². The summed E-state index contributed by atoms with van der Waals surface area (Å²) < 4.78 is 0. The van der Waals surface area contributed by atoms with Crippen LogP contribution >= 0.6 is 0 Å². The molecule has 3 atom stereocenters. The standard InChI is InChI=1S/C13H23N/c1-3-7-13(8-4-2)11-6-5-10(9-11)12(13)14/h5-6,10-12H,3-4,7-9,14H2,1-2H3/t10-,11+,12-/m1/s1. The summed E-state index contributed by atoms with van der Waals surface area (Å²) in [5.74, 6) is 1.49. The molecule has 0 aliphatic heterocycles. The Bertz CT molecular complexity index is 225. The number of hydrogen-bond acceptors (Lipinski definition) is 1. The van der Waals surface area contributed by atoms with Crippen LogP contribution in [0.4, 0.5) is 0 Å². The van der Waals surface area contributed by atoms with Crippen molar-refractivity contribution in [3.05, 3.63) is 12.2 Å². The number of fused-ring (bicyclic) bond motifs is 2. The summed E-state index contributed by atoms with van der Waals surface area (Å²) in [6.07, 6.45) is 11.4. The first-order chi connectivity index (χ1) is 6.74. The van der Waals surface area contributed by atoms with E-state index < -0.39 is 0 Å². The van der Waals surface area contributed by atoms with Crippen molar-refractivity contribution in [3.63, 3.8) is 0 Å². The van der Waals surface area contributed by atoms with Crippen LogP contribution < -0.4 is 5.73 Å². The quantitative estimate of drug-likeness (QED) is 0.682. The summed E-state index contributed by atoms with van der Waals surface area (Å²) in [7, 11) is 0. The molecule has 0 saturated heterocycles. The first-order valence-corrected chi connectivity index (χ1v) is 6.18. The molecule has 0 radical (unpaired) electrons. The fourth-order valence-corrected chi connectivity index (χ4v) is 3.85. The minimum atomic E-state index is 0.442. The Balaban J connectivity index is 2.21. The predicted molar refractivity (Wildman–Crippen MR) is 61.0 cm³/mol. The highest BCUT2D eigenvalue weighted by atomic mass is 14.8. The second-order valence-electron chi connectivity index (χ2n) is 5.15. The van der Waals surface area contributed by atoms with Gasteiger partial charge in [-0.15, -0.1) is 0 Å². The van der Waals surface area contributed by atoms with Crippen LogP contribution in [-0.4, -0.2) is 6.04 Å².